The number of rotatable bonds is 4. The van der Waals surface area contributed by atoms with Crippen molar-refractivity contribution in [1.82, 2.24) is 0 Å². The smallest absolute Gasteiger partial charge is 0.0671 e. The van der Waals surface area contributed by atoms with Crippen LogP contribution >= 0.6 is 11.6 Å². The lowest BCUT2D eigenvalue weighted by atomic mass is 10.1. The van der Waals surface area contributed by atoms with E-state index in [0.717, 1.165) is 11.3 Å². The van der Waals surface area contributed by atoms with Crippen LogP contribution in [0.2, 0.25) is 5.02 Å². The molecule has 0 aliphatic rings. The molecule has 0 bridgehead atoms. The number of hydrogen-bond donors (Lipinski definition) is 1. The molecule has 0 amide bonds. The molecule has 0 aromatic heterocycles. The van der Waals surface area contributed by atoms with E-state index in [1.165, 1.54) is 0 Å². The van der Waals surface area contributed by atoms with Gasteiger partial charge in [0.1, 0.15) is 0 Å². The van der Waals surface area contributed by atoms with E-state index in [1.807, 2.05) is 44.0 Å². The van der Waals surface area contributed by atoms with E-state index in [9.17, 15) is 0 Å². The summed E-state index contributed by atoms with van der Waals surface area (Å²) in [6, 6.07) is 7.99. The average molecular weight is 252 g/mol. The number of hydrogen-bond acceptors (Lipinski definition) is 3. The van der Waals surface area contributed by atoms with Crippen molar-refractivity contribution in [3.63, 3.8) is 0 Å². The van der Waals surface area contributed by atoms with Crippen LogP contribution in [0.25, 0.3) is 0 Å². The Labute approximate surface area is 108 Å². The second kappa shape index (κ2) is 5.90. The first-order valence-electron chi connectivity index (χ1n) is 5.61. The lowest BCUT2D eigenvalue weighted by Crippen LogP contribution is -2.23. The van der Waals surface area contributed by atoms with Crippen LogP contribution in [-0.4, -0.2) is 13.6 Å². The van der Waals surface area contributed by atoms with E-state index in [0.29, 0.717) is 11.6 Å². The third kappa shape index (κ3) is 3.62. The molecule has 1 rings (SSSR count). The quantitative estimate of drug-likeness (QED) is 0.895. The second-order valence-electron chi connectivity index (χ2n) is 4.41. The molecular weight excluding hydrogens is 234 g/mol. The van der Waals surface area contributed by atoms with Gasteiger partial charge in [0.05, 0.1) is 22.7 Å². The maximum atomic E-state index is 8.79. The highest BCUT2D eigenvalue weighted by Crippen LogP contribution is 2.28. The molecule has 1 aromatic rings. The molecule has 17 heavy (non-hydrogen) atoms. The third-order valence-corrected chi connectivity index (χ3v) is 2.98. The van der Waals surface area contributed by atoms with Crippen LogP contribution in [0.1, 0.15) is 25.5 Å². The van der Waals surface area contributed by atoms with Gasteiger partial charge in [0.2, 0.25) is 0 Å². The van der Waals surface area contributed by atoms with E-state index < -0.39 is 0 Å². The molecule has 3 nitrogen and oxygen atoms in total. The third-order valence-electron chi connectivity index (χ3n) is 2.68. The molecule has 0 aliphatic heterocycles. The molecule has 2 N–H and O–H groups in total. The largest absolute Gasteiger partial charge is 0.372 e. The molecule has 1 unspecified atom stereocenters. The summed E-state index contributed by atoms with van der Waals surface area (Å²) in [5.41, 5.74) is 7.74. The van der Waals surface area contributed by atoms with Gasteiger partial charge in [-0.3, -0.25) is 0 Å². The van der Waals surface area contributed by atoms with Crippen LogP contribution in [-0.2, 0) is 0 Å². The Morgan fingerprint density at radius 3 is 2.59 bits per heavy atom. The lowest BCUT2D eigenvalue weighted by Gasteiger charge is -2.22. The first-order chi connectivity index (χ1) is 7.95. The van der Waals surface area contributed by atoms with Gasteiger partial charge in [-0.25, -0.2) is 0 Å². The summed E-state index contributed by atoms with van der Waals surface area (Å²) in [7, 11) is 1.93. The summed E-state index contributed by atoms with van der Waals surface area (Å²) in [5.74, 6) is -0.0239. The normalized spacial score (nSPS) is 13.9. The molecule has 0 spiro atoms. The van der Waals surface area contributed by atoms with Crippen molar-refractivity contribution in [3.05, 3.63) is 28.8 Å². The summed E-state index contributed by atoms with van der Waals surface area (Å²) >= 11 is 6.21. The van der Waals surface area contributed by atoms with Gasteiger partial charge in [-0.15, -0.1) is 0 Å². The average Bonchev–Trinajstić information content (AvgIpc) is 2.28. The molecule has 4 heteroatoms. The van der Waals surface area contributed by atoms with E-state index in [1.54, 1.807) is 0 Å². The molecule has 0 aliphatic carbocycles. The molecule has 2 atom stereocenters. The summed E-state index contributed by atoms with van der Waals surface area (Å²) < 4.78 is 0. The fraction of sp³-hybridized carbons (Fsp3) is 0.462. The maximum Gasteiger partial charge on any atom is 0.0671 e. The zero-order chi connectivity index (χ0) is 13.0. The van der Waals surface area contributed by atoms with Crippen LogP contribution in [0, 0.1) is 17.2 Å². The van der Waals surface area contributed by atoms with E-state index in [-0.39, 0.29) is 12.0 Å². The summed E-state index contributed by atoms with van der Waals surface area (Å²) in [4.78, 5) is 1.99. The second-order valence-corrected chi connectivity index (χ2v) is 4.82. The van der Waals surface area contributed by atoms with Gasteiger partial charge in [-0.1, -0.05) is 17.7 Å². The van der Waals surface area contributed by atoms with E-state index in [2.05, 4.69) is 6.07 Å². The van der Waals surface area contributed by atoms with Gasteiger partial charge in [0.25, 0.3) is 0 Å². The minimum atomic E-state index is -0.0239. The summed E-state index contributed by atoms with van der Waals surface area (Å²) in [5, 5.41) is 9.46. The Hall–Kier alpha value is -1.24. The van der Waals surface area contributed by atoms with Gasteiger partial charge in [0, 0.05) is 19.6 Å². The molecule has 92 valence electrons. The van der Waals surface area contributed by atoms with Crippen LogP contribution < -0.4 is 10.6 Å². The Morgan fingerprint density at radius 1 is 1.47 bits per heavy atom. The standard InChI is InChI=1S/C13H18ClN3/c1-9(7-15)8-17(3)13-5-4-11(10(2)16)6-12(13)14/h4-6,9-10H,8,16H2,1-3H3/t9?,10-/m0/s1. The zero-order valence-corrected chi connectivity index (χ0v) is 11.2. The van der Waals surface area contributed by atoms with Crippen molar-refractivity contribution in [2.75, 3.05) is 18.5 Å². The first-order valence-corrected chi connectivity index (χ1v) is 5.99. The number of halogens is 1. The van der Waals surface area contributed by atoms with E-state index >= 15 is 0 Å². The highest BCUT2D eigenvalue weighted by atomic mass is 35.5. The highest BCUT2D eigenvalue weighted by Gasteiger charge is 2.11. The van der Waals surface area contributed by atoms with Gasteiger partial charge < -0.3 is 10.6 Å². The predicted octanol–water partition coefficient (Wildman–Crippen LogP) is 2.96. The minimum Gasteiger partial charge on any atom is -0.372 e. The lowest BCUT2D eigenvalue weighted by molar-refractivity contribution is 0.716. The van der Waals surface area contributed by atoms with Gasteiger partial charge in [-0.05, 0) is 31.5 Å². The van der Waals surface area contributed by atoms with Gasteiger partial charge >= 0.3 is 0 Å². The van der Waals surface area contributed by atoms with Crippen LogP contribution in [0.3, 0.4) is 0 Å². The minimum absolute atomic E-state index is 0.0233. The van der Waals surface area contributed by atoms with Crippen molar-refractivity contribution >= 4 is 17.3 Å². The van der Waals surface area contributed by atoms with Crippen LogP contribution in [0.5, 0.6) is 0 Å². The van der Waals surface area contributed by atoms with Gasteiger partial charge in [-0.2, -0.15) is 5.26 Å². The fourth-order valence-corrected chi connectivity index (χ4v) is 2.00. The molecule has 0 saturated heterocycles. The number of anilines is 1. The van der Waals surface area contributed by atoms with E-state index in [4.69, 9.17) is 22.6 Å². The molecule has 0 saturated carbocycles. The van der Waals surface area contributed by atoms with Gasteiger partial charge in [0.15, 0.2) is 0 Å². The molecule has 1 aromatic carbocycles. The van der Waals surface area contributed by atoms with Crippen molar-refractivity contribution < 1.29 is 0 Å². The number of nitriles is 1. The van der Waals surface area contributed by atoms with Crippen LogP contribution in [0.4, 0.5) is 5.69 Å². The fourth-order valence-electron chi connectivity index (χ4n) is 1.67. The number of nitrogens with zero attached hydrogens (tertiary/aromatic N) is 2. The Bertz CT molecular complexity index is 423. The number of benzene rings is 1. The van der Waals surface area contributed by atoms with Crippen molar-refractivity contribution in [1.29, 1.82) is 5.26 Å². The Morgan fingerprint density at radius 2 is 2.12 bits per heavy atom. The van der Waals surface area contributed by atoms with Crippen LogP contribution in [0.15, 0.2) is 18.2 Å². The number of nitrogens with two attached hydrogens (primary N) is 1. The molecule has 0 radical (unpaired) electrons. The monoisotopic (exact) mass is 251 g/mol. The highest BCUT2D eigenvalue weighted by molar-refractivity contribution is 6.33. The Balaban J connectivity index is 2.89. The molecular formula is C13H18ClN3. The topological polar surface area (TPSA) is 53.0 Å². The van der Waals surface area contributed by atoms with Crippen molar-refractivity contribution in [3.8, 4) is 6.07 Å². The molecule has 0 heterocycles. The maximum absolute atomic E-state index is 8.79. The predicted molar refractivity (Wildman–Crippen MR) is 72.1 cm³/mol. The Kier molecular flexibility index (Phi) is 4.80. The summed E-state index contributed by atoms with van der Waals surface area (Å²) in [6.07, 6.45) is 0. The summed E-state index contributed by atoms with van der Waals surface area (Å²) in [6.45, 7) is 4.47. The zero-order valence-electron chi connectivity index (χ0n) is 10.4. The molecule has 0 fully saturated rings. The van der Waals surface area contributed by atoms with Crippen molar-refractivity contribution in [2.24, 2.45) is 11.7 Å². The first kappa shape index (κ1) is 13.8. The van der Waals surface area contributed by atoms with Crippen molar-refractivity contribution in [2.45, 2.75) is 19.9 Å². The SMILES string of the molecule is CC(C#N)CN(C)c1ccc([C@H](C)N)cc1Cl.